The van der Waals surface area contributed by atoms with E-state index in [4.69, 9.17) is 27.9 Å². The Kier molecular flexibility index (Phi) is 5.88. The Hall–Kier alpha value is -1.33. The number of anilines is 1. The quantitative estimate of drug-likeness (QED) is 0.519. The zero-order valence-corrected chi connectivity index (χ0v) is 11.2. The highest BCUT2D eigenvalue weighted by molar-refractivity contribution is 6.36. The fourth-order valence-corrected chi connectivity index (χ4v) is 1.99. The lowest BCUT2D eigenvalue weighted by molar-refractivity contribution is 0.301. The summed E-state index contributed by atoms with van der Waals surface area (Å²) in [7, 11) is 0. The Bertz CT molecular complexity index is 411. The van der Waals surface area contributed by atoms with Crippen LogP contribution in [0, 0.1) is 5.41 Å². The Balaban J connectivity index is 3.03. The van der Waals surface area contributed by atoms with E-state index in [-0.39, 0.29) is 12.4 Å². The molecule has 4 N–H and O–H groups in total. The molecule has 0 unspecified atom stereocenters. The first-order valence-corrected chi connectivity index (χ1v) is 6.34. The van der Waals surface area contributed by atoms with Crippen molar-refractivity contribution in [1.29, 1.82) is 5.41 Å². The highest BCUT2D eigenvalue weighted by Gasteiger charge is 2.15. The van der Waals surface area contributed by atoms with Crippen LogP contribution in [-0.2, 0) is 0 Å². The lowest BCUT2D eigenvalue weighted by Gasteiger charge is -2.24. The van der Waals surface area contributed by atoms with Crippen LogP contribution in [-0.4, -0.2) is 35.6 Å². The van der Waals surface area contributed by atoms with E-state index in [9.17, 15) is 0 Å². The summed E-state index contributed by atoms with van der Waals surface area (Å²) >= 11 is 6.21. The summed E-state index contributed by atoms with van der Waals surface area (Å²) in [5, 5.41) is 16.9. The van der Waals surface area contributed by atoms with Crippen molar-refractivity contribution in [2.24, 2.45) is 5.73 Å². The molecule has 0 aliphatic carbocycles. The molecule has 0 aromatic carbocycles. The average Bonchev–Trinajstić information content (AvgIpc) is 2.34. The summed E-state index contributed by atoms with van der Waals surface area (Å²) in [6.45, 7) is 3.36. The summed E-state index contributed by atoms with van der Waals surface area (Å²) in [6, 6.07) is 1.62. The van der Waals surface area contributed by atoms with Crippen molar-refractivity contribution in [2.45, 2.75) is 19.8 Å². The third-order valence-electron chi connectivity index (χ3n) is 2.61. The molecule has 0 amide bonds. The zero-order chi connectivity index (χ0) is 13.5. The summed E-state index contributed by atoms with van der Waals surface area (Å²) in [4.78, 5) is 6.14. The molecule has 0 saturated carbocycles. The standard InChI is InChI=1S/C12H19ClN4O/c1-2-3-6-17(7-8-18)12-10(13)9(11(14)15)4-5-16-12/h4-5,18H,2-3,6-8H2,1H3,(H3,14,15). The number of hydrogen-bond acceptors (Lipinski definition) is 4. The number of halogens is 1. The van der Waals surface area contributed by atoms with Crippen molar-refractivity contribution in [2.75, 3.05) is 24.6 Å². The minimum absolute atomic E-state index is 0.0338. The van der Waals surface area contributed by atoms with Gasteiger partial charge in [0.15, 0.2) is 0 Å². The largest absolute Gasteiger partial charge is 0.395 e. The van der Waals surface area contributed by atoms with Crippen LogP contribution in [0.15, 0.2) is 12.3 Å². The van der Waals surface area contributed by atoms with Gasteiger partial charge < -0.3 is 15.7 Å². The molecule has 0 aliphatic heterocycles. The van der Waals surface area contributed by atoms with Gasteiger partial charge in [0.05, 0.1) is 11.6 Å². The normalized spacial score (nSPS) is 10.4. The van der Waals surface area contributed by atoms with E-state index < -0.39 is 0 Å². The van der Waals surface area contributed by atoms with Crippen molar-refractivity contribution >= 4 is 23.3 Å². The number of aromatic nitrogens is 1. The first-order chi connectivity index (χ1) is 8.61. The number of nitrogens with two attached hydrogens (primary N) is 1. The second-order valence-electron chi connectivity index (χ2n) is 3.97. The molecular weight excluding hydrogens is 252 g/mol. The van der Waals surface area contributed by atoms with Gasteiger partial charge in [0.25, 0.3) is 0 Å². The molecule has 0 saturated heterocycles. The van der Waals surface area contributed by atoms with Crippen molar-refractivity contribution in [3.63, 3.8) is 0 Å². The number of unbranched alkanes of at least 4 members (excludes halogenated alkanes) is 1. The summed E-state index contributed by atoms with van der Waals surface area (Å²) in [5.41, 5.74) is 5.93. The minimum atomic E-state index is -0.0805. The molecule has 1 aromatic heterocycles. The third-order valence-corrected chi connectivity index (χ3v) is 2.98. The highest BCUT2D eigenvalue weighted by Crippen LogP contribution is 2.26. The Morgan fingerprint density at radius 1 is 1.56 bits per heavy atom. The van der Waals surface area contributed by atoms with Gasteiger partial charge in [-0.3, -0.25) is 5.41 Å². The number of nitrogen functional groups attached to an aromatic ring is 1. The predicted molar refractivity (Wildman–Crippen MR) is 74.5 cm³/mol. The number of aliphatic hydroxyl groups is 1. The van der Waals surface area contributed by atoms with E-state index in [2.05, 4.69) is 11.9 Å². The molecule has 0 spiro atoms. The van der Waals surface area contributed by atoms with Crippen LogP contribution in [0.3, 0.4) is 0 Å². The van der Waals surface area contributed by atoms with Crippen LogP contribution in [0.1, 0.15) is 25.3 Å². The van der Waals surface area contributed by atoms with E-state index in [1.165, 1.54) is 0 Å². The molecule has 0 bridgehead atoms. The molecule has 1 heterocycles. The Morgan fingerprint density at radius 3 is 2.83 bits per heavy atom. The van der Waals surface area contributed by atoms with Gasteiger partial charge in [0.2, 0.25) is 0 Å². The van der Waals surface area contributed by atoms with Crippen LogP contribution < -0.4 is 10.6 Å². The number of pyridine rings is 1. The third kappa shape index (κ3) is 3.58. The maximum atomic E-state index is 9.09. The van der Waals surface area contributed by atoms with Gasteiger partial charge in [-0.1, -0.05) is 24.9 Å². The molecule has 0 radical (unpaired) electrons. The number of nitrogens with one attached hydrogen (secondary N) is 1. The van der Waals surface area contributed by atoms with Gasteiger partial charge in [-0.25, -0.2) is 4.98 Å². The fraction of sp³-hybridized carbons (Fsp3) is 0.500. The van der Waals surface area contributed by atoms with Crippen LogP contribution >= 0.6 is 11.6 Å². The zero-order valence-electron chi connectivity index (χ0n) is 10.5. The lowest BCUT2D eigenvalue weighted by Crippen LogP contribution is -2.29. The van der Waals surface area contributed by atoms with Gasteiger partial charge in [-0.05, 0) is 12.5 Å². The average molecular weight is 271 g/mol. The molecule has 100 valence electrons. The number of nitrogens with zero attached hydrogens (tertiary/aromatic N) is 2. The first-order valence-electron chi connectivity index (χ1n) is 5.96. The van der Waals surface area contributed by atoms with Crippen molar-refractivity contribution in [3.05, 3.63) is 22.8 Å². The maximum absolute atomic E-state index is 9.09. The number of rotatable bonds is 7. The highest BCUT2D eigenvalue weighted by atomic mass is 35.5. The molecule has 1 aromatic rings. The molecule has 0 aliphatic rings. The van der Waals surface area contributed by atoms with Crippen molar-refractivity contribution < 1.29 is 5.11 Å². The molecule has 6 heteroatoms. The van der Waals surface area contributed by atoms with E-state index in [0.717, 1.165) is 19.4 Å². The van der Waals surface area contributed by atoms with Gasteiger partial charge >= 0.3 is 0 Å². The number of hydrogen-bond donors (Lipinski definition) is 3. The molecule has 1 rings (SSSR count). The van der Waals surface area contributed by atoms with E-state index in [1.807, 2.05) is 4.90 Å². The maximum Gasteiger partial charge on any atom is 0.148 e. The number of aliphatic hydroxyl groups excluding tert-OH is 1. The fourth-order valence-electron chi connectivity index (χ4n) is 1.65. The van der Waals surface area contributed by atoms with Crippen LogP contribution in [0.2, 0.25) is 5.02 Å². The Labute approximate surface area is 112 Å². The van der Waals surface area contributed by atoms with Crippen LogP contribution in [0.4, 0.5) is 5.82 Å². The van der Waals surface area contributed by atoms with Crippen LogP contribution in [0.5, 0.6) is 0 Å². The smallest absolute Gasteiger partial charge is 0.148 e. The second-order valence-corrected chi connectivity index (χ2v) is 4.35. The van der Waals surface area contributed by atoms with Crippen molar-refractivity contribution in [1.82, 2.24) is 4.98 Å². The van der Waals surface area contributed by atoms with Gasteiger partial charge in [-0.2, -0.15) is 0 Å². The molecular formula is C12H19ClN4O. The lowest BCUT2D eigenvalue weighted by atomic mass is 10.2. The Morgan fingerprint density at radius 2 is 2.28 bits per heavy atom. The summed E-state index contributed by atoms with van der Waals surface area (Å²) in [5.74, 6) is 0.495. The molecule has 5 nitrogen and oxygen atoms in total. The van der Waals surface area contributed by atoms with E-state index in [1.54, 1.807) is 12.3 Å². The molecule has 0 fully saturated rings. The first kappa shape index (κ1) is 14.7. The predicted octanol–water partition coefficient (Wildman–Crippen LogP) is 1.62. The summed E-state index contributed by atoms with van der Waals surface area (Å²) in [6.07, 6.45) is 3.61. The SMILES string of the molecule is CCCCN(CCO)c1nccc(C(=N)N)c1Cl. The van der Waals surface area contributed by atoms with Gasteiger partial charge in [-0.15, -0.1) is 0 Å². The molecule has 18 heavy (non-hydrogen) atoms. The topological polar surface area (TPSA) is 86.2 Å². The van der Waals surface area contributed by atoms with E-state index in [0.29, 0.717) is 22.9 Å². The van der Waals surface area contributed by atoms with Crippen LogP contribution in [0.25, 0.3) is 0 Å². The van der Waals surface area contributed by atoms with Gasteiger partial charge in [0.1, 0.15) is 11.7 Å². The second kappa shape index (κ2) is 7.18. The minimum Gasteiger partial charge on any atom is -0.395 e. The van der Waals surface area contributed by atoms with E-state index >= 15 is 0 Å². The summed E-state index contributed by atoms with van der Waals surface area (Å²) < 4.78 is 0. The van der Waals surface area contributed by atoms with Crippen molar-refractivity contribution in [3.8, 4) is 0 Å². The molecule has 0 atom stereocenters. The van der Waals surface area contributed by atoms with Gasteiger partial charge in [0, 0.05) is 24.8 Å². The monoisotopic (exact) mass is 270 g/mol. The number of amidine groups is 1.